The predicted molar refractivity (Wildman–Crippen MR) is 144 cm³/mol. The van der Waals surface area contributed by atoms with E-state index >= 15 is 0 Å². The molecule has 7 heteroatoms. The van der Waals surface area contributed by atoms with Gasteiger partial charge < -0.3 is 20.9 Å². The number of hydrogen-bond acceptors (Lipinski definition) is 7. The first-order chi connectivity index (χ1) is 17.6. The second-order valence-electron chi connectivity index (χ2n) is 8.91. The molecule has 0 unspecified atom stereocenters. The Hall–Kier alpha value is -4.23. The van der Waals surface area contributed by atoms with E-state index in [1.54, 1.807) is 20.4 Å². The summed E-state index contributed by atoms with van der Waals surface area (Å²) < 4.78 is 11.0. The van der Waals surface area contributed by atoms with Crippen LogP contribution in [0.2, 0.25) is 0 Å². The lowest BCUT2D eigenvalue weighted by atomic mass is 9.99. The summed E-state index contributed by atoms with van der Waals surface area (Å²) in [6.45, 7) is 0. The van der Waals surface area contributed by atoms with E-state index in [2.05, 4.69) is 33.2 Å². The van der Waals surface area contributed by atoms with Crippen molar-refractivity contribution >= 4 is 27.5 Å². The zero-order chi connectivity index (χ0) is 25.1. The lowest BCUT2D eigenvalue weighted by Gasteiger charge is -2.13. The summed E-state index contributed by atoms with van der Waals surface area (Å²) in [5.74, 6) is 1.68. The molecule has 4 N–H and O–H groups in total. The summed E-state index contributed by atoms with van der Waals surface area (Å²) in [7, 11) is 3.23. The molecule has 36 heavy (non-hydrogen) atoms. The van der Waals surface area contributed by atoms with Gasteiger partial charge in [-0.15, -0.1) is 0 Å². The van der Waals surface area contributed by atoms with Gasteiger partial charge in [-0.05, 0) is 54.0 Å². The molecule has 0 amide bonds. The number of aryl methyl sites for hydroxylation is 1. The average molecular weight is 480 g/mol. The van der Waals surface area contributed by atoms with Crippen LogP contribution in [-0.2, 0) is 12.8 Å². The Morgan fingerprint density at radius 2 is 1.61 bits per heavy atom. The fraction of sp³-hybridized carbons (Fsp3) is 0.207. The van der Waals surface area contributed by atoms with Gasteiger partial charge in [-0.3, -0.25) is 9.97 Å². The van der Waals surface area contributed by atoms with Gasteiger partial charge in [0, 0.05) is 47.0 Å². The second kappa shape index (κ2) is 10.2. The van der Waals surface area contributed by atoms with Gasteiger partial charge in [0.25, 0.3) is 0 Å². The normalized spacial score (nSPS) is 12.1. The zero-order valence-electron chi connectivity index (χ0n) is 20.4. The third-order valence-electron chi connectivity index (χ3n) is 6.45. The van der Waals surface area contributed by atoms with E-state index < -0.39 is 0 Å². The number of benzene rings is 2. The maximum Gasteiger partial charge on any atom is 0.162 e. The van der Waals surface area contributed by atoms with Crippen molar-refractivity contribution in [2.24, 2.45) is 5.73 Å². The third kappa shape index (κ3) is 4.78. The maximum absolute atomic E-state index is 6.41. The highest BCUT2D eigenvalue weighted by Gasteiger charge is 2.14. The molecule has 1 atom stereocenters. The first kappa shape index (κ1) is 23.5. The molecule has 2 aromatic carbocycles. The fourth-order valence-electron chi connectivity index (χ4n) is 4.54. The highest BCUT2D eigenvalue weighted by Crippen LogP contribution is 2.37. The monoisotopic (exact) mass is 479 g/mol. The van der Waals surface area contributed by atoms with Crippen LogP contribution >= 0.6 is 0 Å². The van der Waals surface area contributed by atoms with Crippen LogP contribution in [0.25, 0.3) is 32.9 Å². The molecule has 0 aliphatic heterocycles. The molecule has 0 aliphatic carbocycles. The molecule has 182 valence electrons. The standard InChI is InChI=1S/C29H29N5O2/c1-35-27-13-23-22-12-25(34-29(31)24(22)17-33-26(23)14-28(27)36-2)20-10-19(15-32-16-20)8-9-21(30)11-18-6-4-3-5-7-18/h3-7,10,12-17,21H,8-9,11,30H2,1-2H3,(H2,31,34)/t21-/m1/s1. The molecule has 5 rings (SSSR count). The molecular weight excluding hydrogens is 450 g/mol. The Labute approximate surface area is 210 Å². The molecule has 0 spiro atoms. The summed E-state index contributed by atoms with van der Waals surface area (Å²) in [4.78, 5) is 13.7. The van der Waals surface area contributed by atoms with Crippen LogP contribution in [0, 0.1) is 0 Å². The van der Waals surface area contributed by atoms with Crippen LogP contribution < -0.4 is 20.9 Å². The van der Waals surface area contributed by atoms with Crippen molar-refractivity contribution in [3.63, 3.8) is 0 Å². The van der Waals surface area contributed by atoms with Gasteiger partial charge in [-0.2, -0.15) is 0 Å². The number of pyridine rings is 3. The van der Waals surface area contributed by atoms with E-state index in [9.17, 15) is 0 Å². The summed E-state index contributed by atoms with van der Waals surface area (Å²) in [6, 6.07) is 18.4. The highest BCUT2D eigenvalue weighted by atomic mass is 16.5. The molecule has 0 saturated heterocycles. The second-order valence-corrected chi connectivity index (χ2v) is 8.91. The number of fused-ring (bicyclic) bond motifs is 3. The fourth-order valence-corrected chi connectivity index (χ4v) is 4.54. The zero-order valence-corrected chi connectivity index (χ0v) is 20.4. The van der Waals surface area contributed by atoms with Crippen LogP contribution in [0.5, 0.6) is 11.5 Å². The SMILES string of the molecule is COc1cc2ncc3c(N)nc(-c4cncc(CC[C@@H](N)Cc5ccccc5)c4)cc3c2cc1OC. The Morgan fingerprint density at radius 1 is 0.833 bits per heavy atom. The molecule has 3 heterocycles. The van der Waals surface area contributed by atoms with Crippen LogP contribution in [0.3, 0.4) is 0 Å². The average Bonchev–Trinajstić information content (AvgIpc) is 2.91. The Balaban J connectivity index is 1.45. The largest absolute Gasteiger partial charge is 0.493 e. The molecule has 5 aromatic rings. The van der Waals surface area contributed by atoms with Gasteiger partial charge in [-0.1, -0.05) is 30.3 Å². The van der Waals surface area contributed by atoms with E-state index in [-0.39, 0.29) is 6.04 Å². The van der Waals surface area contributed by atoms with Crippen molar-refractivity contribution in [3.05, 3.63) is 84.3 Å². The topological polar surface area (TPSA) is 109 Å². The highest BCUT2D eigenvalue weighted by molar-refractivity contribution is 6.10. The minimum absolute atomic E-state index is 0.0799. The van der Waals surface area contributed by atoms with E-state index in [0.717, 1.165) is 57.8 Å². The number of nitrogen functional groups attached to an aromatic ring is 1. The third-order valence-corrected chi connectivity index (χ3v) is 6.45. The van der Waals surface area contributed by atoms with E-state index in [4.69, 9.17) is 20.9 Å². The summed E-state index contributed by atoms with van der Waals surface area (Å²) in [6.07, 6.45) is 8.01. The number of anilines is 1. The van der Waals surface area contributed by atoms with Crippen molar-refractivity contribution in [2.45, 2.75) is 25.3 Å². The van der Waals surface area contributed by atoms with Gasteiger partial charge in [-0.25, -0.2) is 4.98 Å². The lowest BCUT2D eigenvalue weighted by molar-refractivity contribution is 0.356. The molecule has 7 nitrogen and oxygen atoms in total. The predicted octanol–water partition coefficient (Wildman–Crippen LogP) is 4.95. The minimum atomic E-state index is 0.0799. The number of rotatable bonds is 8. The van der Waals surface area contributed by atoms with Gasteiger partial charge >= 0.3 is 0 Å². The minimum Gasteiger partial charge on any atom is -0.493 e. The van der Waals surface area contributed by atoms with Crippen LogP contribution in [0.4, 0.5) is 5.82 Å². The quantitative estimate of drug-likeness (QED) is 0.303. The first-order valence-electron chi connectivity index (χ1n) is 11.9. The summed E-state index contributed by atoms with van der Waals surface area (Å²) in [5, 5.41) is 2.64. The number of nitrogens with zero attached hydrogens (tertiary/aromatic N) is 3. The van der Waals surface area contributed by atoms with Crippen LogP contribution in [0.15, 0.2) is 73.2 Å². The van der Waals surface area contributed by atoms with Crippen LogP contribution in [0.1, 0.15) is 17.5 Å². The number of methoxy groups -OCH3 is 2. The molecule has 0 saturated carbocycles. The molecule has 3 aromatic heterocycles. The maximum atomic E-state index is 6.41. The summed E-state index contributed by atoms with van der Waals surface area (Å²) >= 11 is 0. The van der Waals surface area contributed by atoms with Crippen LogP contribution in [-0.4, -0.2) is 35.2 Å². The van der Waals surface area contributed by atoms with Crippen molar-refractivity contribution in [1.29, 1.82) is 0 Å². The Kier molecular flexibility index (Phi) is 6.64. The van der Waals surface area contributed by atoms with E-state index in [1.165, 1.54) is 5.56 Å². The van der Waals surface area contributed by atoms with Crippen molar-refractivity contribution in [1.82, 2.24) is 15.0 Å². The molecule has 0 bridgehead atoms. The number of aromatic nitrogens is 3. The molecular formula is C29H29N5O2. The number of hydrogen-bond donors (Lipinski definition) is 2. The van der Waals surface area contributed by atoms with Crippen molar-refractivity contribution in [2.75, 3.05) is 20.0 Å². The smallest absolute Gasteiger partial charge is 0.162 e. The number of nitrogens with two attached hydrogens (primary N) is 2. The van der Waals surface area contributed by atoms with Gasteiger partial charge in [0.2, 0.25) is 0 Å². The number of ether oxygens (including phenoxy) is 2. The van der Waals surface area contributed by atoms with Gasteiger partial charge in [0.15, 0.2) is 11.5 Å². The van der Waals surface area contributed by atoms with Crippen molar-refractivity contribution < 1.29 is 9.47 Å². The Morgan fingerprint density at radius 3 is 2.39 bits per heavy atom. The lowest BCUT2D eigenvalue weighted by Crippen LogP contribution is -2.23. The van der Waals surface area contributed by atoms with Gasteiger partial charge in [0.1, 0.15) is 5.82 Å². The molecule has 0 fully saturated rings. The Bertz CT molecular complexity index is 1520. The molecule has 0 radical (unpaired) electrons. The van der Waals surface area contributed by atoms with E-state index in [1.807, 2.05) is 48.8 Å². The van der Waals surface area contributed by atoms with E-state index in [0.29, 0.717) is 17.3 Å². The van der Waals surface area contributed by atoms with Crippen molar-refractivity contribution in [3.8, 4) is 22.8 Å². The molecule has 0 aliphatic rings. The summed E-state index contributed by atoms with van der Waals surface area (Å²) in [5.41, 5.74) is 17.6. The van der Waals surface area contributed by atoms with Gasteiger partial charge in [0.05, 0.1) is 25.4 Å². The first-order valence-corrected chi connectivity index (χ1v) is 11.9.